The zero-order valence-corrected chi connectivity index (χ0v) is 16.2. The van der Waals surface area contributed by atoms with Gasteiger partial charge in [0.05, 0.1) is 23.4 Å². The molecule has 0 saturated carbocycles. The number of fused-ring (bicyclic) bond motifs is 2. The van der Waals surface area contributed by atoms with E-state index in [9.17, 15) is 0 Å². The summed E-state index contributed by atoms with van der Waals surface area (Å²) in [5.41, 5.74) is 4.77. The highest BCUT2D eigenvalue weighted by Gasteiger charge is 2.42. The molecule has 0 bridgehead atoms. The van der Waals surface area contributed by atoms with Gasteiger partial charge in [0.2, 0.25) is 0 Å². The Bertz CT molecular complexity index is 948. The molecule has 5 rings (SSSR count). The second kappa shape index (κ2) is 6.69. The van der Waals surface area contributed by atoms with Crippen molar-refractivity contribution in [3.05, 3.63) is 59.1 Å². The van der Waals surface area contributed by atoms with E-state index in [-0.39, 0.29) is 5.60 Å². The summed E-state index contributed by atoms with van der Waals surface area (Å²) < 4.78 is 6.43. The molecule has 3 aromatic rings. The molecule has 6 heteroatoms. The fourth-order valence-electron chi connectivity index (χ4n) is 4.28. The Balaban J connectivity index is 1.43. The van der Waals surface area contributed by atoms with E-state index in [2.05, 4.69) is 38.9 Å². The van der Waals surface area contributed by atoms with E-state index >= 15 is 0 Å². The highest BCUT2D eigenvalue weighted by Crippen LogP contribution is 2.47. The molecule has 0 aromatic carbocycles. The molecule has 2 aliphatic rings. The van der Waals surface area contributed by atoms with Crippen molar-refractivity contribution < 1.29 is 4.74 Å². The van der Waals surface area contributed by atoms with E-state index in [1.165, 1.54) is 26.6 Å². The third kappa shape index (κ3) is 2.93. The van der Waals surface area contributed by atoms with E-state index in [0.717, 1.165) is 44.7 Å². The quantitative estimate of drug-likeness (QED) is 0.675. The van der Waals surface area contributed by atoms with Gasteiger partial charge in [-0.1, -0.05) is 0 Å². The molecule has 1 spiro atoms. The maximum absolute atomic E-state index is 6.43. The molecule has 1 fully saturated rings. The largest absolute Gasteiger partial charge is 0.371 e. The number of hydrogen-bond acceptors (Lipinski definition) is 6. The van der Waals surface area contributed by atoms with Crippen LogP contribution in [0.5, 0.6) is 0 Å². The van der Waals surface area contributed by atoms with Crippen LogP contribution in [0.3, 0.4) is 0 Å². The van der Waals surface area contributed by atoms with E-state index < -0.39 is 0 Å². The Hall–Kier alpha value is -2.31. The van der Waals surface area contributed by atoms with Gasteiger partial charge in [-0.2, -0.15) is 0 Å². The minimum absolute atomic E-state index is 0.143. The Morgan fingerprint density at radius 3 is 2.74 bits per heavy atom. The summed E-state index contributed by atoms with van der Waals surface area (Å²) in [5.74, 6) is 0. The standard InChI is InChI=1S/C21H22N4OS/c1-15-13-22-6-2-18(15)25-9-4-21(5-10-25)20-16(3-11-26-21)12-19(27-20)17-14-23-7-8-24-17/h2,6-8,12-14H,3-5,9-11H2,1H3. The topological polar surface area (TPSA) is 51.1 Å². The summed E-state index contributed by atoms with van der Waals surface area (Å²) in [5, 5.41) is 0. The molecule has 0 aliphatic carbocycles. The summed E-state index contributed by atoms with van der Waals surface area (Å²) >= 11 is 1.84. The molecule has 1 saturated heterocycles. The molecule has 0 amide bonds. The Morgan fingerprint density at radius 1 is 1.11 bits per heavy atom. The van der Waals surface area contributed by atoms with Crippen LogP contribution < -0.4 is 4.90 Å². The summed E-state index contributed by atoms with van der Waals surface area (Å²) in [6.45, 7) is 4.94. The van der Waals surface area contributed by atoms with Crippen LogP contribution in [-0.2, 0) is 16.8 Å². The highest BCUT2D eigenvalue weighted by atomic mass is 32.1. The first-order valence-electron chi connectivity index (χ1n) is 9.44. The van der Waals surface area contributed by atoms with E-state index in [0.29, 0.717) is 0 Å². The lowest BCUT2D eigenvalue weighted by Crippen LogP contribution is -2.46. The Kier molecular flexibility index (Phi) is 4.17. The second-order valence-electron chi connectivity index (χ2n) is 7.30. The fourth-order valence-corrected chi connectivity index (χ4v) is 5.65. The van der Waals surface area contributed by atoms with Crippen LogP contribution in [0.2, 0.25) is 0 Å². The van der Waals surface area contributed by atoms with Crippen molar-refractivity contribution in [3.8, 4) is 10.6 Å². The van der Waals surface area contributed by atoms with Gasteiger partial charge in [0.1, 0.15) is 5.60 Å². The van der Waals surface area contributed by atoms with Gasteiger partial charge < -0.3 is 9.64 Å². The Labute approximate surface area is 163 Å². The van der Waals surface area contributed by atoms with Crippen LogP contribution in [-0.4, -0.2) is 34.6 Å². The molecule has 0 atom stereocenters. The molecule has 0 radical (unpaired) electrons. The number of rotatable bonds is 2. The number of nitrogens with zero attached hydrogens (tertiary/aromatic N) is 4. The number of thiophene rings is 1. The van der Waals surface area contributed by atoms with Gasteiger partial charge in [-0.25, -0.2) is 0 Å². The highest BCUT2D eigenvalue weighted by molar-refractivity contribution is 7.15. The van der Waals surface area contributed by atoms with Crippen molar-refractivity contribution in [1.29, 1.82) is 0 Å². The summed E-state index contributed by atoms with van der Waals surface area (Å²) in [6.07, 6.45) is 12.2. The number of anilines is 1. The molecule has 5 heterocycles. The smallest absolute Gasteiger partial charge is 0.106 e. The maximum Gasteiger partial charge on any atom is 0.106 e. The van der Waals surface area contributed by atoms with Gasteiger partial charge in [0.25, 0.3) is 0 Å². The monoisotopic (exact) mass is 378 g/mol. The lowest BCUT2D eigenvalue weighted by molar-refractivity contribution is -0.0735. The third-order valence-corrected chi connectivity index (χ3v) is 7.08. The van der Waals surface area contributed by atoms with Crippen LogP contribution in [0.4, 0.5) is 5.69 Å². The first-order chi connectivity index (χ1) is 13.3. The number of ether oxygens (including phenoxy) is 1. The molecule has 5 nitrogen and oxygen atoms in total. The fraction of sp³-hybridized carbons (Fsp3) is 0.381. The van der Waals surface area contributed by atoms with Gasteiger partial charge >= 0.3 is 0 Å². The molecule has 2 aliphatic heterocycles. The number of pyridine rings is 1. The third-order valence-electron chi connectivity index (χ3n) is 5.69. The molecule has 0 N–H and O–H groups in total. The van der Waals surface area contributed by atoms with Crippen molar-refractivity contribution in [2.75, 3.05) is 24.6 Å². The van der Waals surface area contributed by atoms with Gasteiger partial charge in [-0.3, -0.25) is 15.0 Å². The normalized spacial score (nSPS) is 18.5. The molecule has 3 aromatic heterocycles. The molecular weight excluding hydrogens is 356 g/mol. The van der Waals surface area contributed by atoms with Crippen molar-refractivity contribution in [1.82, 2.24) is 15.0 Å². The second-order valence-corrected chi connectivity index (χ2v) is 8.35. The van der Waals surface area contributed by atoms with Crippen LogP contribution in [0.15, 0.2) is 43.1 Å². The molecule has 27 heavy (non-hydrogen) atoms. The number of hydrogen-bond donors (Lipinski definition) is 0. The van der Waals surface area contributed by atoms with E-state index in [4.69, 9.17) is 4.74 Å². The average Bonchev–Trinajstić information content (AvgIpc) is 3.16. The predicted molar refractivity (Wildman–Crippen MR) is 107 cm³/mol. The zero-order chi connectivity index (χ0) is 18.3. The molecule has 0 unspecified atom stereocenters. The van der Waals surface area contributed by atoms with Crippen LogP contribution in [0.1, 0.15) is 28.8 Å². The summed E-state index contributed by atoms with van der Waals surface area (Å²) in [7, 11) is 0. The van der Waals surface area contributed by atoms with Gasteiger partial charge in [-0.05, 0) is 49.4 Å². The summed E-state index contributed by atoms with van der Waals surface area (Å²) in [4.78, 5) is 18.0. The maximum atomic E-state index is 6.43. The molecule has 138 valence electrons. The number of aryl methyl sites for hydroxylation is 1. The summed E-state index contributed by atoms with van der Waals surface area (Å²) in [6, 6.07) is 4.42. The minimum atomic E-state index is -0.143. The van der Waals surface area contributed by atoms with E-state index in [1.54, 1.807) is 12.4 Å². The Morgan fingerprint density at radius 2 is 1.96 bits per heavy atom. The lowest BCUT2D eigenvalue weighted by atomic mass is 9.85. The first kappa shape index (κ1) is 16.8. The molecular formula is C21H22N4OS. The van der Waals surface area contributed by atoms with Gasteiger partial charge in [-0.15, -0.1) is 11.3 Å². The van der Waals surface area contributed by atoms with Crippen LogP contribution >= 0.6 is 11.3 Å². The zero-order valence-electron chi connectivity index (χ0n) is 15.4. The predicted octanol–water partition coefficient (Wildman–Crippen LogP) is 3.98. The van der Waals surface area contributed by atoms with Crippen LogP contribution in [0, 0.1) is 6.92 Å². The van der Waals surface area contributed by atoms with Crippen LogP contribution in [0.25, 0.3) is 10.6 Å². The van der Waals surface area contributed by atoms with Crippen molar-refractivity contribution in [2.45, 2.75) is 31.8 Å². The van der Waals surface area contributed by atoms with E-state index in [1.807, 2.05) is 29.9 Å². The SMILES string of the molecule is Cc1cnccc1N1CCC2(CC1)OCCc1cc(-c3cnccn3)sc12. The number of aromatic nitrogens is 3. The van der Waals surface area contributed by atoms with Crippen molar-refractivity contribution >= 4 is 17.0 Å². The number of piperidine rings is 1. The first-order valence-corrected chi connectivity index (χ1v) is 10.3. The van der Waals surface area contributed by atoms with Gasteiger partial charge in [0.15, 0.2) is 0 Å². The minimum Gasteiger partial charge on any atom is -0.371 e. The average molecular weight is 379 g/mol. The van der Waals surface area contributed by atoms with Crippen molar-refractivity contribution in [2.24, 2.45) is 0 Å². The lowest BCUT2D eigenvalue weighted by Gasteiger charge is -2.44. The van der Waals surface area contributed by atoms with Crippen molar-refractivity contribution in [3.63, 3.8) is 0 Å². The van der Waals surface area contributed by atoms with Gasteiger partial charge in [0, 0.05) is 48.4 Å².